The van der Waals surface area contributed by atoms with Gasteiger partial charge >= 0.3 is 6.18 Å². The maximum atomic E-state index is 12.6. The fourth-order valence-corrected chi connectivity index (χ4v) is 2.73. The predicted octanol–water partition coefficient (Wildman–Crippen LogP) is 2.51. The number of thiazole rings is 1. The summed E-state index contributed by atoms with van der Waals surface area (Å²) in [5.74, 6) is 0.333. The number of primary amides is 1. The van der Waals surface area contributed by atoms with Crippen molar-refractivity contribution in [2.24, 2.45) is 10.7 Å². The second-order valence-electron chi connectivity index (χ2n) is 5.31. The number of nitrogens with one attached hydrogen (secondary N) is 2. The summed E-state index contributed by atoms with van der Waals surface area (Å²) in [6, 6.07) is 7.03. The number of ether oxygens (including phenoxy) is 1. The number of amides is 1. The Labute approximate surface area is 180 Å². The fourth-order valence-electron chi connectivity index (χ4n) is 1.99. The smallest absolute Gasteiger partial charge is 0.434 e. The van der Waals surface area contributed by atoms with Crippen LogP contribution in [0.4, 0.5) is 13.2 Å². The second kappa shape index (κ2) is 11.0. The van der Waals surface area contributed by atoms with Crippen LogP contribution in [0.3, 0.4) is 0 Å². The molecule has 0 radical (unpaired) electrons. The van der Waals surface area contributed by atoms with Crippen LogP contribution in [0.1, 0.15) is 16.3 Å². The first-order valence-corrected chi connectivity index (χ1v) is 8.62. The number of hydrogen-bond acceptors (Lipinski definition) is 5. The Kier molecular flexibility index (Phi) is 9.45. The van der Waals surface area contributed by atoms with Gasteiger partial charge in [0.1, 0.15) is 10.8 Å². The number of carbonyl (C=O) groups is 1. The third-order valence-electron chi connectivity index (χ3n) is 3.21. The molecule has 2 aromatic rings. The molecule has 0 fully saturated rings. The van der Waals surface area contributed by atoms with E-state index < -0.39 is 17.8 Å². The summed E-state index contributed by atoms with van der Waals surface area (Å²) < 4.78 is 42.9. The highest BCUT2D eigenvalue weighted by Gasteiger charge is 2.33. The normalized spacial score (nSPS) is 11.5. The van der Waals surface area contributed by atoms with Gasteiger partial charge in [0.05, 0.1) is 6.54 Å². The summed E-state index contributed by atoms with van der Waals surface area (Å²) in [5.41, 5.74) is 4.99. The molecule has 12 heteroatoms. The monoisotopic (exact) mass is 529 g/mol. The van der Waals surface area contributed by atoms with Crippen LogP contribution in [0, 0.1) is 0 Å². The molecule has 0 spiro atoms. The molecule has 0 atom stereocenters. The van der Waals surface area contributed by atoms with E-state index in [0.29, 0.717) is 23.3 Å². The highest BCUT2D eigenvalue weighted by atomic mass is 127. The van der Waals surface area contributed by atoms with Crippen LogP contribution in [0.25, 0.3) is 0 Å². The first kappa shape index (κ1) is 23.9. The molecule has 1 aromatic carbocycles. The van der Waals surface area contributed by atoms with Gasteiger partial charge in [-0.2, -0.15) is 13.2 Å². The first-order valence-electron chi connectivity index (χ1n) is 7.74. The van der Waals surface area contributed by atoms with E-state index in [1.165, 1.54) is 0 Å². The Morgan fingerprint density at radius 3 is 2.64 bits per heavy atom. The molecule has 28 heavy (non-hydrogen) atoms. The second-order valence-corrected chi connectivity index (χ2v) is 6.25. The molecule has 2 rings (SSSR count). The van der Waals surface area contributed by atoms with Crippen molar-refractivity contribution in [3.8, 4) is 5.75 Å². The van der Waals surface area contributed by atoms with E-state index in [4.69, 9.17) is 10.5 Å². The predicted molar refractivity (Wildman–Crippen MR) is 111 cm³/mol. The van der Waals surface area contributed by atoms with Crippen molar-refractivity contribution < 1.29 is 22.7 Å². The molecule has 1 heterocycles. The van der Waals surface area contributed by atoms with E-state index in [1.54, 1.807) is 25.2 Å². The van der Waals surface area contributed by atoms with Crippen LogP contribution in [0.5, 0.6) is 5.75 Å². The number of alkyl halides is 3. The van der Waals surface area contributed by atoms with Gasteiger partial charge in [0.25, 0.3) is 5.91 Å². The van der Waals surface area contributed by atoms with Crippen molar-refractivity contribution >= 4 is 47.2 Å². The highest BCUT2D eigenvalue weighted by Crippen LogP contribution is 2.29. The zero-order valence-electron chi connectivity index (χ0n) is 14.7. The van der Waals surface area contributed by atoms with E-state index in [2.05, 4.69) is 20.6 Å². The lowest BCUT2D eigenvalue weighted by atomic mass is 10.2. The number of carbonyl (C=O) groups excluding carboxylic acids is 1. The van der Waals surface area contributed by atoms with Crippen LogP contribution in [-0.4, -0.2) is 30.5 Å². The molecule has 1 aromatic heterocycles. The van der Waals surface area contributed by atoms with Gasteiger partial charge in [-0.25, -0.2) is 4.98 Å². The summed E-state index contributed by atoms with van der Waals surface area (Å²) >= 11 is 0.922. The number of halogens is 4. The van der Waals surface area contributed by atoms with Crippen molar-refractivity contribution in [1.29, 1.82) is 0 Å². The van der Waals surface area contributed by atoms with Crippen molar-refractivity contribution in [3.63, 3.8) is 0 Å². The van der Waals surface area contributed by atoms with Crippen molar-refractivity contribution in [2.45, 2.75) is 19.3 Å². The molecule has 0 aliphatic heterocycles. The van der Waals surface area contributed by atoms with Crippen LogP contribution in [0.15, 0.2) is 34.6 Å². The van der Waals surface area contributed by atoms with Gasteiger partial charge in [-0.3, -0.25) is 9.79 Å². The molecular formula is C16H19F3IN5O2S. The standard InChI is InChI=1S/C16H18F3N5O2S.HI/c1-21-15(23-7-14-24-12(9-27-14)16(17,18)19)22-6-10-3-2-4-11(5-10)26-8-13(20)25;/h2-5,9H,6-8H2,1H3,(H2,20,25)(H2,21,22,23);1H. The Morgan fingerprint density at radius 2 is 2.04 bits per heavy atom. The summed E-state index contributed by atoms with van der Waals surface area (Å²) in [6.07, 6.45) is -4.45. The lowest BCUT2D eigenvalue weighted by Gasteiger charge is -2.12. The maximum absolute atomic E-state index is 12.6. The summed E-state index contributed by atoms with van der Waals surface area (Å²) in [4.78, 5) is 18.3. The van der Waals surface area contributed by atoms with Gasteiger partial charge in [-0.05, 0) is 17.7 Å². The number of rotatable bonds is 7. The zero-order chi connectivity index (χ0) is 19.9. The van der Waals surface area contributed by atoms with E-state index in [-0.39, 0.29) is 37.1 Å². The van der Waals surface area contributed by atoms with E-state index in [0.717, 1.165) is 22.3 Å². The molecule has 0 unspecified atom stereocenters. The number of aromatic nitrogens is 1. The quantitative estimate of drug-likeness (QED) is 0.291. The minimum absolute atomic E-state index is 0. The molecule has 154 valence electrons. The third kappa shape index (κ3) is 7.88. The molecule has 1 amide bonds. The molecule has 0 bridgehead atoms. The average molecular weight is 529 g/mol. The Balaban J connectivity index is 0.00000392. The summed E-state index contributed by atoms with van der Waals surface area (Å²) in [6.45, 7) is 0.287. The van der Waals surface area contributed by atoms with Gasteiger partial charge in [-0.15, -0.1) is 35.3 Å². The van der Waals surface area contributed by atoms with Gasteiger partial charge in [-0.1, -0.05) is 12.1 Å². The van der Waals surface area contributed by atoms with Crippen LogP contribution < -0.4 is 21.1 Å². The first-order chi connectivity index (χ1) is 12.8. The third-order valence-corrected chi connectivity index (χ3v) is 4.06. The zero-order valence-corrected chi connectivity index (χ0v) is 17.9. The Morgan fingerprint density at radius 1 is 1.32 bits per heavy atom. The molecule has 7 nitrogen and oxygen atoms in total. The number of nitrogens with zero attached hydrogens (tertiary/aromatic N) is 2. The van der Waals surface area contributed by atoms with Crippen LogP contribution >= 0.6 is 35.3 Å². The number of aliphatic imine (C=N–C) groups is 1. The fraction of sp³-hybridized carbons (Fsp3) is 0.312. The average Bonchev–Trinajstić information content (AvgIpc) is 3.10. The Hall–Kier alpha value is -2.09. The van der Waals surface area contributed by atoms with E-state index >= 15 is 0 Å². The minimum Gasteiger partial charge on any atom is -0.484 e. The summed E-state index contributed by atoms with van der Waals surface area (Å²) in [5, 5.41) is 7.21. The topological polar surface area (TPSA) is 102 Å². The van der Waals surface area contributed by atoms with Crippen LogP contribution in [0.2, 0.25) is 0 Å². The lowest BCUT2D eigenvalue weighted by Crippen LogP contribution is -2.36. The SMILES string of the molecule is CN=C(NCc1cccc(OCC(N)=O)c1)NCc1nc(C(F)(F)F)cs1.I. The van der Waals surface area contributed by atoms with E-state index in [9.17, 15) is 18.0 Å². The van der Waals surface area contributed by atoms with Crippen LogP contribution in [-0.2, 0) is 24.1 Å². The molecule has 0 aliphatic carbocycles. The van der Waals surface area contributed by atoms with Crippen molar-refractivity contribution in [1.82, 2.24) is 15.6 Å². The highest BCUT2D eigenvalue weighted by molar-refractivity contribution is 14.0. The van der Waals surface area contributed by atoms with Crippen molar-refractivity contribution in [2.75, 3.05) is 13.7 Å². The van der Waals surface area contributed by atoms with Gasteiger partial charge in [0.2, 0.25) is 0 Å². The number of hydrogen-bond donors (Lipinski definition) is 3. The van der Waals surface area contributed by atoms with E-state index in [1.807, 2.05) is 6.07 Å². The molecule has 0 aliphatic rings. The number of guanidine groups is 1. The maximum Gasteiger partial charge on any atom is 0.434 e. The minimum atomic E-state index is -4.45. The van der Waals surface area contributed by atoms with Gasteiger partial charge in [0.15, 0.2) is 18.3 Å². The number of nitrogens with two attached hydrogens (primary N) is 1. The Bertz CT molecular complexity index is 814. The molecular weight excluding hydrogens is 510 g/mol. The van der Waals surface area contributed by atoms with Crippen molar-refractivity contribution in [3.05, 3.63) is 45.9 Å². The molecule has 0 saturated heterocycles. The number of benzene rings is 1. The summed E-state index contributed by atoms with van der Waals surface area (Å²) in [7, 11) is 1.55. The van der Waals surface area contributed by atoms with Gasteiger partial charge < -0.3 is 21.1 Å². The molecule has 0 saturated carbocycles. The molecule has 4 N–H and O–H groups in total. The van der Waals surface area contributed by atoms with Gasteiger partial charge in [0, 0.05) is 19.0 Å². The largest absolute Gasteiger partial charge is 0.484 e. The lowest BCUT2D eigenvalue weighted by molar-refractivity contribution is -0.140.